The third-order valence-corrected chi connectivity index (χ3v) is 4.18. The number of aldehydes is 1. The molecule has 0 saturated carbocycles. The molecule has 0 aromatic rings. The van der Waals surface area contributed by atoms with Gasteiger partial charge in [-0.15, -0.1) is 0 Å². The summed E-state index contributed by atoms with van der Waals surface area (Å²) in [4.78, 5) is 21.8. The quantitative estimate of drug-likeness (QED) is 0.294. The van der Waals surface area contributed by atoms with E-state index in [1.165, 1.54) is 38.5 Å². The van der Waals surface area contributed by atoms with Gasteiger partial charge in [0.2, 0.25) is 5.91 Å². The molecule has 0 saturated heterocycles. The lowest BCUT2D eigenvalue weighted by Gasteiger charge is -2.05. The van der Waals surface area contributed by atoms with Crippen LogP contribution in [0.1, 0.15) is 96.3 Å². The van der Waals surface area contributed by atoms with Crippen LogP contribution < -0.4 is 11.1 Å². The van der Waals surface area contributed by atoms with E-state index in [1.807, 2.05) is 0 Å². The molecule has 4 nitrogen and oxygen atoms in total. The Labute approximate surface area is 143 Å². The molecule has 0 radical (unpaired) electrons. The number of amides is 1. The second-order valence-electron chi connectivity index (χ2n) is 6.44. The van der Waals surface area contributed by atoms with Gasteiger partial charge in [-0.1, -0.05) is 57.8 Å². The second kappa shape index (κ2) is 19.1. The molecule has 4 heteroatoms. The van der Waals surface area contributed by atoms with Crippen LogP contribution in [0.4, 0.5) is 0 Å². The number of carbonyl (C=O) groups excluding carboxylic acids is 2. The van der Waals surface area contributed by atoms with E-state index in [1.54, 1.807) is 0 Å². The van der Waals surface area contributed by atoms with Gasteiger partial charge in [0.15, 0.2) is 0 Å². The normalized spacial score (nSPS) is 10.7. The number of rotatable bonds is 18. The highest BCUT2D eigenvalue weighted by molar-refractivity contribution is 5.75. The number of hydrogen-bond acceptors (Lipinski definition) is 3. The van der Waals surface area contributed by atoms with E-state index in [2.05, 4.69) is 5.32 Å². The van der Waals surface area contributed by atoms with Gasteiger partial charge in [0, 0.05) is 19.4 Å². The average Bonchev–Trinajstić information content (AvgIpc) is 2.55. The zero-order chi connectivity index (χ0) is 17.0. The van der Waals surface area contributed by atoms with Gasteiger partial charge in [-0.25, -0.2) is 0 Å². The summed E-state index contributed by atoms with van der Waals surface area (Å²) >= 11 is 0. The zero-order valence-corrected chi connectivity index (χ0v) is 15.0. The second-order valence-corrected chi connectivity index (χ2v) is 6.44. The molecule has 0 heterocycles. The Hall–Kier alpha value is -0.900. The highest BCUT2D eigenvalue weighted by atomic mass is 16.1. The third kappa shape index (κ3) is 19.1. The SMILES string of the molecule is NCCCCCCCCCCNC(=O)CCCCCCCC=O. The van der Waals surface area contributed by atoms with Crippen LogP contribution in [0.15, 0.2) is 0 Å². The van der Waals surface area contributed by atoms with Crippen molar-refractivity contribution in [3.63, 3.8) is 0 Å². The molecular formula is C19H38N2O2. The Morgan fingerprint density at radius 1 is 0.739 bits per heavy atom. The first-order chi connectivity index (χ1) is 11.3. The lowest BCUT2D eigenvalue weighted by molar-refractivity contribution is -0.121. The fourth-order valence-corrected chi connectivity index (χ4v) is 2.69. The van der Waals surface area contributed by atoms with Crippen molar-refractivity contribution in [2.45, 2.75) is 96.3 Å². The summed E-state index contributed by atoms with van der Waals surface area (Å²) in [5.41, 5.74) is 5.47. The molecule has 23 heavy (non-hydrogen) atoms. The van der Waals surface area contributed by atoms with Crippen LogP contribution in [0.2, 0.25) is 0 Å². The number of unbranched alkanes of at least 4 members (excludes halogenated alkanes) is 12. The minimum atomic E-state index is 0.194. The Morgan fingerprint density at radius 2 is 1.26 bits per heavy atom. The highest BCUT2D eigenvalue weighted by Gasteiger charge is 2.00. The molecule has 0 spiro atoms. The highest BCUT2D eigenvalue weighted by Crippen LogP contribution is 2.08. The topological polar surface area (TPSA) is 72.2 Å². The van der Waals surface area contributed by atoms with Crippen molar-refractivity contribution in [2.75, 3.05) is 13.1 Å². The molecule has 0 aromatic heterocycles. The molecule has 3 N–H and O–H groups in total. The summed E-state index contributed by atoms with van der Waals surface area (Å²) in [5, 5.41) is 3.01. The van der Waals surface area contributed by atoms with Crippen molar-refractivity contribution < 1.29 is 9.59 Å². The van der Waals surface area contributed by atoms with Crippen LogP contribution in [0.3, 0.4) is 0 Å². The van der Waals surface area contributed by atoms with Gasteiger partial charge in [0.25, 0.3) is 0 Å². The lowest BCUT2D eigenvalue weighted by Crippen LogP contribution is -2.23. The number of nitrogens with one attached hydrogen (secondary N) is 1. The van der Waals surface area contributed by atoms with Crippen molar-refractivity contribution in [3.8, 4) is 0 Å². The first kappa shape index (κ1) is 22.1. The molecule has 0 aliphatic rings. The molecule has 136 valence electrons. The smallest absolute Gasteiger partial charge is 0.219 e. The van der Waals surface area contributed by atoms with Gasteiger partial charge in [0.05, 0.1) is 0 Å². The summed E-state index contributed by atoms with van der Waals surface area (Å²) in [6, 6.07) is 0. The zero-order valence-electron chi connectivity index (χ0n) is 15.0. The van der Waals surface area contributed by atoms with Crippen molar-refractivity contribution in [3.05, 3.63) is 0 Å². The molecule has 0 aromatic carbocycles. The van der Waals surface area contributed by atoms with E-state index < -0.39 is 0 Å². The van der Waals surface area contributed by atoms with Gasteiger partial charge < -0.3 is 15.8 Å². The predicted octanol–water partition coefficient (Wildman–Crippen LogP) is 4.11. The van der Waals surface area contributed by atoms with Gasteiger partial charge in [-0.2, -0.15) is 0 Å². The number of nitrogens with two attached hydrogens (primary N) is 1. The molecule has 0 atom stereocenters. The van der Waals surface area contributed by atoms with Crippen molar-refractivity contribution in [1.29, 1.82) is 0 Å². The van der Waals surface area contributed by atoms with Gasteiger partial charge in [-0.3, -0.25) is 4.79 Å². The van der Waals surface area contributed by atoms with E-state index in [4.69, 9.17) is 5.73 Å². The van der Waals surface area contributed by atoms with Crippen LogP contribution in [-0.2, 0) is 9.59 Å². The maximum atomic E-state index is 11.6. The first-order valence-corrected chi connectivity index (χ1v) is 9.71. The summed E-state index contributed by atoms with van der Waals surface area (Å²) in [6.07, 6.45) is 17.5. The van der Waals surface area contributed by atoms with Crippen LogP contribution in [0.5, 0.6) is 0 Å². The minimum Gasteiger partial charge on any atom is -0.356 e. The minimum absolute atomic E-state index is 0.194. The molecule has 0 aliphatic carbocycles. The largest absolute Gasteiger partial charge is 0.356 e. The van der Waals surface area contributed by atoms with E-state index in [0.717, 1.165) is 64.3 Å². The molecule has 0 rings (SSSR count). The van der Waals surface area contributed by atoms with E-state index in [-0.39, 0.29) is 5.91 Å². The summed E-state index contributed by atoms with van der Waals surface area (Å²) in [7, 11) is 0. The maximum absolute atomic E-state index is 11.6. The van der Waals surface area contributed by atoms with Gasteiger partial charge in [0.1, 0.15) is 6.29 Å². The van der Waals surface area contributed by atoms with E-state index >= 15 is 0 Å². The summed E-state index contributed by atoms with van der Waals surface area (Å²) in [5.74, 6) is 0.194. The molecule has 0 aliphatic heterocycles. The Balaban J connectivity index is 3.14. The first-order valence-electron chi connectivity index (χ1n) is 9.71. The average molecular weight is 327 g/mol. The number of hydrogen-bond donors (Lipinski definition) is 2. The van der Waals surface area contributed by atoms with Crippen molar-refractivity contribution >= 4 is 12.2 Å². The monoisotopic (exact) mass is 326 g/mol. The molecule has 0 unspecified atom stereocenters. The number of carbonyl (C=O) groups is 2. The fraction of sp³-hybridized carbons (Fsp3) is 0.895. The van der Waals surface area contributed by atoms with E-state index in [0.29, 0.717) is 12.8 Å². The summed E-state index contributed by atoms with van der Waals surface area (Å²) in [6.45, 7) is 1.64. The van der Waals surface area contributed by atoms with E-state index in [9.17, 15) is 9.59 Å². The van der Waals surface area contributed by atoms with Gasteiger partial charge >= 0.3 is 0 Å². The Morgan fingerprint density at radius 3 is 1.87 bits per heavy atom. The Bertz CT molecular complexity index is 270. The van der Waals surface area contributed by atoms with Crippen LogP contribution >= 0.6 is 0 Å². The van der Waals surface area contributed by atoms with Crippen molar-refractivity contribution in [2.24, 2.45) is 5.73 Å². The molecule has 0 bridgehead atoms. The van der Waals surface area contributed by atoms with Crippen LogP contribution in [0, 0.1) is 0 Å². The standard InChI is InChI=1S/C19H38N2O2/c20-16-12-8-4-1-2-5-9-13-17-21-19(23)15-11-7-3-6-10-14-18-22/h18H,1-17,20H2,(H,21,23). The maximum Gasteiger partial charge on any atom is 0.219 e. The summed E-state index contributed by atoms with van der Waals surface area (Å²) < 4.78 is 0. The predicted molar refractivity (Wildman–Crippen MR) is 97.4 cm³/mol. The molecule has 1 amide bonds. The van der Waals surface area contributed by atoms with Gasteiger partial charge in [-0.05, 0) is 32.2 Å². The van der Waals surface area contributed by atoms with Crippen molar-refractivity contribution in [1.82, 2.24) is 5.32 Å². The molecule has 0 fully saturated rings. The lowest BCUT2D eigenvalue weighted by atomic mass is 10.1. The molecular weight excluding hydrogens is 288 g/mol. The Kier molecular flexibility index (Phi) is 18.4. The van der Waals surface area contributed by atoms with Crippen LogP contribution in [0.25, 0.3) is 0 Å². The third-order valence-electron chi connectivity index (χ3n) is 4.18. The van der Waals surface area contributed by atoms with Crippen LogP contribution in [-0.4, -0.2) is 25.3 Å². The fourth-order valence-electron chi connectivity index (χ4n) is 2.69.